The van der Waals surface area contributed by atoms with Gasteiger partial charge in [-0.15, -0.1) is 12.4 Å². The topological polar surface area (TPSA) is 38.9 Å². The number of halogens is 2. The van der Waals surface area contributed by atoms with Crippen molar-refractivity contribution >= 4 is 23.3 Å². The van der Waals surface area contributed by atoms with Gasteiger partial charge in [0.25, 0.3) is 0 Å². The molecule has 1 aromatic carbocycles. The van der Waals surface area contributed by atoms with Crippen molar-refractivity contribution in [1.29, 1.82) is 0 Å². The predicted octanol–water partition coefficient (Wildman–Crippen LogP) is 5.20. The highest BCUT2D eigenvalue weighted by atomic mass is 35.5. The van der Waals surface area contributed by atoms with E-state index in [1.807, 2.05) is 6.20 Å². The maximum Gasteiger partial charge on any atom is 0.123 e. The summed E-state index contributed by atoms with van der Waals surface area (Å²) >= 11 is 0. The van der Waals surface area contributed by atoms with Crippen LogP contribution in [-0.2, 0) is 0 Å². The quantitative estimate of drug-likeness (QED) is 0.825. The normalized spacial score (nSPS) is 25.2. The molecule has 2 fully saturated rings. The number of hydrogen-bond acceptors (Lipinski definition) is 2. The van der Waals surface area contributed by atoms with Gasteiger partial charge in [0, 0.05) is 17.6 Å². The summed E-state index contributed by atoms with van der Waals surface area (Å²) < 4.78 is 13.6. The number of benzene rings is 1. The van der Waals surface area contributed by atoms with Crippen LogP contribution in [0.3, 0.4) is 0 Å². The van der Waals surface area contributed by atoms with Gasteiger partial charge in [-0.1, -0.05) is 0 Å². The third-order valence-corrected chi connectivity index (χ3v) is 5.86. The number of pyridine rings is 1. The Morgan fingerprint density at radius 3 is 2.54 bits per heavy atom. The third kappa shape index (κ3) is 3.73. The Labute approximate surface area is 149 Å². The lowest BCUT2D eigenvalue weighted by Crippen LogP contribution is -2.27. The highest BCUT2D eigenvalue weighted by Crippen LogP contribution is 2.41. The molecule has 4 rings (SSSR count). The van der Waals surface area contributed by atoms with Crippen LogP contribution < -0.4 is 5.73 Å². The lowest BCUT2D eigenvalue weighted by molar-refractivity contribution is 0.286. The Kier molecular flexibility index (Phi) is 5.41. The van der Waals surface area contributed by atoms with Gasteiger partial charge in [0.05, 0.1) is 5.52 Å². The summed E-state index contributed by atoms with van der Waals surface area (Å²) in [7, 11) is 0. The van der Waals surface area contributed by atoms with Gasteiger partial charge in [-0.3, -0.25) is 4.98 Å². The Balaban J connectivity index is 0.00000169. The van der Waals surface area contributed by atoms with Crippen LogP contribution in [0.4, 0.5) is 4.39 Å². The van der Waals surface area contributed by atoms with E-state index in [0.29, 0.717) is 12.0 Å². The highest BCUT2D eigenvalue weighted by Gasteiger charge is 2.32. The fraction of sp³-hybridized carbons (Fsp3) is 0.550. The number of fused-ring (bicyclic) bond motifs is 1. The van der Waals surface area contributed by atoms with E-state index in [9.17, 15) is 4.39 Å². The van der Waals surface area contributed by atoms with E-state index in [1.165, 1.54) is 56.6 Å². The van der Waals surface area contributed by atoms with Crippen LogP contribution in [0.5, 0.6) is 0 Å². The zero-order valence-corrected chi connectivity index (χ0v) is 14.8. The minimum atomic E-state index is -0.171. The van der Waals surface area contributed by atoms with E-state index in [1.54, 1.807) is 12.1 Å². The molecule has 2 N–H and O–H groups in total. The Morgan fingerprint density at radius 1 is 1.08 bits per heavy atom. The van der Waals surface area contributed by atoms with Gasteiger partial charge in [0.1, 0.15) is 5.82 Å². The molecule has 2 aliphatic rings. The largest absolute Gasteiger partial charge is 0.327 e. The van der Waals surface area contributed by atoms with Gasteiger partial charge in [-0.2, -0.15) is 0 Å². The van der Waals surface area contributed by atoms with Gasteiger partial charge >= 0.3 is 0 Å². The molecule has 0 saturated heterocycles. The van der Waals surface area contributed by atoms with E-state index >= 15 is 0 Å². The number of rotatable bonds is 4. The van der Waals surface area contributed by atoms with Crippen molar-refractivity contribution in [2.24, 2.45) is 17.6 Å². The molecule has 4 heteroatoms. The molecule has 2 aliphatic carbocycles. The molecule has 0 aliphatic heterocycles. The number of aromatic nitrogens is 1. The number of hydrogen-bond donors (Lipinski definition) is 1. The molecule has 2 saturated carbocycles. The predicted molar refractivity (Wildman–Crippen MR) is 99.0 cm³/mol. The summed E-state index contributed by atoms with van der Waals surface area (Å²) in [5.41, 5.74) is 8.48. The molecule has 0 bridgehead atoms. The molecule has 2 aromatic rings. The first-order valence-corrected chi connectivity index (χ1v) is 9.00. The summed E-state index contributed by atoms with van der Waals surface area (Å²) in [4.78, 5) is 4.38. The van der Waals surface area contributed by atoms with Crippen LogP contribution in [0, 0.1) is 17.7 Å². The van der Waals surface area contributed by atoms with Crippen molar-refractivity contribution in [3.05, 3.63) is 41.8 Å². The van der Waals surface area contributed by atoms with Gasteiger partial charge in [0.15, 0.2) is 0 Å². The van der Waals surface area contributed by atoms with Gasteiger partial charge in [-0.05, 0) is 92.5 Å². The van der Waals surface area contributed by atoms with E-state index in [-0.39, 0.29) is 18.2 Å². The van der Waals surface area contributed by atoms with Crippen molar-refractivity contribution in [2.75, 3.05) is 0 Å². The fourth-order valence-electron chi connectivity index (χ4n) is 4.31. The summed E-state index contributed by atoms with van der Waals surface area (Å²) in [6.45, 7) is 0. The molecule has 24 heavy (non-hydrogen) atoms. The minimum absolute atomic E-state index is 0. The number of nitrogens with two attached hydrogens (primary N) is 1. The van der Waals surface area contributed by atoms with Crippen molar-refractivity contribution in [1.82, 2.24) is 4.98 Å². The molecule has 0 spiro atoms. The Morgan fingerprint density at radius 2 is 1.83 bits per heavy atom. The summed E-state index contributed by atoms with van der Waals surface area (Å²) in [5, 5.41) is 0.991. The van der Waals surface area contributed by atoms with Crippen molar-refractivity contribution in [2.45, 2.75) is 56.9 Å². The average Bonchev–Trinajstić information content (AvgIpc) is 3.40. The van der Waals surface area contributed by atoms with Crippen LogP contribution in [0.15, 0.2) is 30.5 Å². The van der Waals surface area contributed by atoms with Crippen LogP contribution in [0.2, 0.25) is 0 Å². The van der Waals surface area contributed by atoms with Crippen molar-refractivity contribution in [3.8, 4) is 0 Å². The average molecular weight is 349 g/mol. The molecule has 0 unspecified atom stereocenters. The van der Waals surface area contributed by atoms with Crippen LogP contribution in [-0.4, -0.2) is 11.0 Å². The SMILES string of the molecule is Cl.N[C@@H](C[C@H]1CC[C@@H](c2ccnc3ccc(F)cc32)CC1)C1CC1. The second-order valence-electron chi connectivity index (χ2n) is 7.52. The maximum absolute atomic E-state index is 13.6. The summed E-state index contributed by atoms with van der Waals surface area (Å²) in [6, 6.07) is 7.44. The molecular formula is C20H26ClFN2. The smallest absolute Gasteiger partial charge is 0.123 e. The maximum atomic E-state index is 13.6. The molecule has 2 nitrogen and oxygen atoms in total. The zero-order chi connectivity index (χ0) is 15.8. The fourth-order valence-corrected chi connectivity index (χ4v) is 4.31. The second kappa shape index (κ2) is 7.37. The molecule has 1 heterocycles. The van der Waals surface area contributed by atoms with Crippen molar-refractivity contribution in [3.63, 3.8) is 0 Å². The summed E-state index contributed by atoms with van der Waals surface area (Å²) in [5.74, 6) is 1.96. The number of nitrogens with zero attached hydrogens (tertiary/aromatic N) is 1. The highest BCUT2D eigenvalue weighted by molar-refractivity contribution is 5.85. The second-order valence-corrected chi connectivity index (χ2v) is 7.52. The molecule has 1 atom stereocenters. The lowest BCUT2D eigenvalue weighted by Gasteiger charge is -2.31. The van der Waals surface area contributed by atoms with E-state index in [2.05, 4.69) is 11.1 Å². The minimum Gasteiger partial charge on any atom is -0.327 e. The molecule has 1 aromatic heterocycles. The molecule has 0 amide bonds. The van der Waals surface area contributed by atoms with Gasteiger partial charge in [-0.25, -0.2) is 4.39 Å². The standard InChI is InChI=1S/C20H25FN2.ClH/c21-16-7-8-20-18(12-16)17(9-10-23-20)14-3-1-13(2-4-14)11-19(22)15-5-6-15;/h7-10,12-15,19H,1-6,11,22H2;1H/t13-,14+,19-;/m0./s1. The molecular weight excluding hydrogens is 323 g/mol. The van der Waals surface area contributed by atoms with Crippen LogP contribution >= 0.6 is 12.4 Å². The van der Waals surface area contributed by atoms with E-state index in [0.717, 1.165) is 22.7 Å². The third-order valence-electron chi connectivity index (χ3n) is 5.86. The Hall–Kier alpha value is -1.19. The van der Waals surface area contributed by atoms with Crippen LogP contribution in [0.25, 0.3) is 10.9 Å². The lowest BCUT2D eigenvalue weighted by atomic mass is 9.75. The zero-order valence-electron chi connectivity index (χ0n) is 14.0. The van der Waals surface area contributed by atoms with E-state index in [4.69, 9.17) is 5.73 Å². The molecule has 130 valence electrons. The van der Waals surface area contributed by atoms with Gasteiger partial charge in [0.2, 0.25) is 0 Å². The first-order chi connectivity index (χ1) is 11.2. The first kappa shape index (κ1) is 17.6. The van der Waals surface area contributed by atoms with Crippen LogP contribution in [0.1, 0.15) is 56.4 Å². The molecule has 0 radical (unpaired) electrons. The first-order valence-electron chi connectivity index (χ1n) is 9.00. The van der Waals surface area contributed by atoms with Gasteiger partial charge < -0.3 is 5.73 Å². The summed E-state index contributed by atoms with van der Waals surface area (Å²) in [6.07, 6.45) is 10.6. The monoisotopic (exact) mass is 348 g/mol. The Bertz CT molecular complexity index is 693. The van der Waals surface area contributed by atoms with Crippen molar-refractivity contribution < 1.29 is 4.39 Å². The van der Waals surface area contributed by atoms with E-state index < -0.39 is 0 Å².